The van der Waals surface area contributed by atoms with Gasteiger partial charge in [0, 0.05) is 9.85 Å². The minimum absolute atomic E-state index is 0.0646. The molecule has 124 valence electrons. The van der Waals surface area contributed by atoms with E-state index in [2.05, 4.69) is 0 Å². The Kier molecular flexibility index (Phi) is 4.30. The quantitative estimate of drug-likeness (QED) is 0.568. The lowest BCUT2D eigenvalue weighted by Gasteiger charge is -2.18. The Morgan fingerprint density at radius 1 is 0.792 bits per heavy atom. The van der Waals surface area contributed by atoms with Crippen molar-refractivity contribution < 1.29 is 19.7 Å². The van der Waals surface area contributed by atoms with Crippen molar-refractivity contribution in [2.75, 3.05) is 0 Å². The summed E-state index contributed by atoms with van der Waals surface area (Å²) in [5.74, 6) is 0. The molecule has 0 saturated heterocycles. The van der Waals surface area contributed by atoms with E-state index in [0.717, 1.165) is 0 Å². The summed E-state index contributed by atoms with van der Waals surface area (Å²) in [7, 11) is 0. The summed E-state index contributed by atoms with van der Waals surface area (Å²) < 4.78 is 0. The molecule has 12 heteroatoms. The van der Waals surface area contributed by atoms with Gasteiger partial charge in [-0.05, 0) is 5.56 Å². The van der Waals surface area contributed by atoms with E-state index in [-0.39, 0.29) is 5.56 Å². The summed E-state index contributed by atoms with van der Waals surface area (Å²) >= 11 is 0. The minimum Gasteiger partial charge on any atom is -0.264 e. The van der Waals surface area contributed by atoms with Crippen LogP contribution in [0.25, 0.3) is 5.57 Å². The maximum atomic E-state index is 11.3. The number of hydrogen-bond acceptors (Lipinski definition) is 8. The highest BCUT2D eigenvalue weighted by Crippen LogP contribution is 2.36. The zero-order valence-electron chi connectivity index (χ0n) is 11.7. The molecule has 0 amide bonds. The van der Waals surface area contributed by atoms with E-state index in [4.69, 9.17) is 0 Å². The second kappa shape index (κ2) is 6.20. The van der Waals surface area contributed by atoms with Crippen LogP contribution < -0.4 is 0 Å². The van der Waals surface area contributed by atoms with Gasteiger partial charge in [0.2, 0.25) is 0 Å². The van der Waals surface area contributed by atoms with Crippen molar-refractivity contribution in [2.45, 2.75) is 12.1 Å². The predicted molar refractivity (Wildman–Crippen MR) is 77.0 cm³/mol. The highest BCUT2D eigenvalue weighted by Gasteiger charge is 2.55. The normalized spacial score (nSPS) is 20.2. The molecule has 0 aliphatic heterocycles. The lowest BCUT2D eigenvalue weighted by Crippen LogP contribution is -2.43. The Bertz CT molecular complexity index is 801. The lowest BCUT2D eigenvalue weighted by atomic mass is 9.86. The SMILES string of the molecule is O=[N+]([O-])C1=CC([N+](=O)[O-])C([N+](=O)[O-])C(c2ccccc2)=C1[N+](=O)[O-]. The highest BCUT2D eigenvalue weighted by molar-refractivity contribution is 5.75. The fourth-order valence-corrected chi connectivity index (χ4v) is 2.45. The number of nitro groups is 4. The number of hydrogen-bond donors (Lipinski definition) is 0. The van der Waals surface area contributed by atoms with Gasteiger partial charge in [0.05, 0.1) is 15.9 Å². The summed E-state index contributed by atoms with van der Waals surface area (Å²) in [6.07, 6.45) is 0.345. The van der Waals surface area contributed by atoms with Gasteiger partial charge in [0.25, 0.3) is 0 Å². The lowest BCUT2D eigenvalue weighted by molar-refractivity contribution is -0.599. The van der Waals surface area contributed by atoms with Gasteiger partial charge in [-0.1, -0.05) is 30.3 Å². The summed E-state index contributed by atoms with van der Waals surface area (Å²) in [4.78, 5) is 40.5. The molecule has 1 aromatic carbocycles. The van der Waals surface area contributed by atoms with E-state index >= 15 is 0 Å². The molecular weight excluding hydrogens is 328 g/mol. The van der Waals surface area contributed by atoms with Crippen molar-refractivity contribution in [3.05, 3.63) is 93.8 Å². The first-order chi connectivity index (χ1) is 11.3. The maximum absolute atomic E-state index is 11.3. The first-order valence-corrected chi connectivity index (χ1v) is 6.33. The highest BCUT2D eigenvalue weighted by atomic mass is 16.7. The van der Waals surface area contributed by atoms with E-state index in [0.29, 0.717) is 6.08 Å². The fourth-order valence-electron chi connectivity index (χ4n) is 2.45. The summed E-state index contributed by atoms with van der Waals surface area (Å²) in [5, 5.41) is 44.9. The Morgan fingerprint density at radius 3 is 1.79 bits per heavy atom. The van der Waals surface area contributed by atoms with Gasteiger partial charge in [-0.3, -0.25) is 40.5 Å². The van der Waals surface area contributed by atoms with Crippen LogP contribution in [-0.2, 0) is 0 Å². The molecule has 0 heterocycles. The van der Waals surface area contributed by atoms with Crippen molar-refractivity contribution >= 4 is 5.57 Å². The van der Waals surface area contributed by atoms with E-state index < -0.39 is 48.7 Å². The van der Waals surface area contributed by atoms with Gasteiger partial charge in [0.1, 0.15) is 5.57 Å². The Morgan fingerprint density at radius 2 is 1.38 bits per heavy atom. The second-order valence-electron chi connectivity index (χ2n) is 4.70. The molecule has 0 bridgehead atoms. The van der Waals surface area contributed by atoms with Gasteiger partial charge in [-0.15, -0.1) is 0 Å². The topological polar surface area (TPSA) is 173 Å². The van der Waals surface area contributed by atoms with Gasteiger partial charge < -0.3 is 0 Å². The van der Waals surface area contributed by atoms with Gasteiger partial charge >= 0.3 is 23.5 Å². The molecule has 2 atom stereocenters. The molecule has 0 fully saturated rings. The number of rotatable bonds is 5. The van der Waals surface area contributed by atoms with Crippen molar-refractivity contribution in [3.8, 4) is 0 Å². The van der Waals surface area contributed by atoms with E-state index in [1.165, 1.54) is 30.3 Å². The Hall–Kier alpha value is -3.70. The predicted octanol–water partition coefficient (Wildman–Crippen LogP) is 1.14. The van der Waals surface area contributed by atoms with Gasteiger partial charge in [-0.2, -0.15) is 0 Å². The summed E-state index contributed by atoms with van der Waals surface area (Å²) in [6, 6.07) is 2.63. The van der Waals surface area contributed by atoms with Crippen molar-refractivity contribution in [2.24, 2.45) is 0 Å². The monoisotopic (exact) mass is 336 g/mol. The van der Waals surface area contributed by atoms with Crippen LogP contribution in [0.1, 0.15) is 5.56 Å². The van der Waals surface area contributed by atoms with Crippen LogP contribution in [0.4, 0.5) is 0 Å². The van der Waals surface area contributed by atoms with Crippen LogP contribution in [0.2, 0.25) is 0 Å². The molecule has 24 heavy (non-hydrogen) atoms. The molecule has 0 aromatic heterocycles. The van der Waals surface area contributed by atoms with E-state index in [9.17, 15) is 40.5 Å². The molecule has 1 aliphatic carbocycles. The third-order valence-corrected chi connectivity index (χ3v) is 3.38. The summed E-state index contributed by atoms with van der Waals surface area (Å²) in [6.45, 7) is 0. The minimum atomic E-state index is -2.12. The van der Waals surface area contributed by atoms with Crippen LogP contribution in [0.3, 0.4) is 0 Å². The van der Waals surface area contributed by atoms with Crippen LogP contribution >= 0.6 is 0 Å². The zero-order valence-corrected chi connectivity index (χ0v) is 11.7. The van der Waals surface area contributed by atoms with Crippen molar-refractivity contribution in [3.63, 3.8) is 0 Å². The molecule has 0 saturated carbocycles. The summed E-state index contributed by atoms with van der Waals surface area (Å²) in [5.41, 5.74) is -2.99. The van der Waals surface area contributed by atoms with Gasteiger partial charge in [-0.25, -0.2) is 0 Å². The molecule has 0 radical (unpaired) electrons. The molecule has 0 N–H and O–H groups in total. The first-order valence-electron chi connectivity index (χ1n) is 6.33. The second-order valence-corrected chi connectivity index (χ2v) is 4.70. The Labute approximate surface area is 132 Å². The van der Waals surface area contributed by atoms with Crippen molar-refractivity contribution in [1.29, 1.82) is 0 Å². The van der Waals surface area contributed by atoms with Crippen LogP contribution in [-0.4, -0.2) is 31.8 Å². The smallest absolute Gasteiger partial charge is 0.264 e. The Balaban J connectivity index is 2.88. The average Bonchev–Trinajstić information content (AvgIpc) is 2.52. The molecule has 2 rings (SSSR count). The van der Waals surface area contributed by atoms with Crippen LogP contribution in [0.5, 0.6) is 0 Å². The van der Waals surface area contributed by atoms with Gasteiger partial charge in [0.15, 0.2) is 0 Å². The molecule has 2 unspecified atom stereocenters. The molecular formula is C12H8N4O8. The maximum Gasteiger partial charge on any atom is 0.356 e. The average molecular weight is 336 g/mol. The molecule has 0 spiro atoms. The fraction of sp³-hybridized carbons (Fsp3) is 0.167. The third-order valence-electron chi connectivity index (χ3n) is 3.38. The third kappa shape index (κ3) is 2.79. The van der Waals surface area contributed by atoms with Crippen molar-refractivity contribution in [1.82, 2.24) is 0 Å². The number of nitrogens with zero attached hydrogens (tertiary/aromatic N) is 4. The van der Waals surface area contributed by atoms with Crippen LogP contribution in [0.15, 0.2) is 47.8 Å². The number of benzene rings is 1. The van der Waals surface area contributed by atoms with Crippen LogP contribution in [0, 0.1) is 40.5 Å². The van der Waals surface area contributed by atoms with E-state index in [1.54, 1.807) is 0 Å². The standard InChI is InChI=1S/C12H8N4O8/c17-13(18)8-6-9(14(19)20)12(16(23)24)10(11(8)15(21)22)7-4-2-1-3-5-7/h1-6,8,11H. The largest absolute Gasteiger partial charge is 0.356 e. The molecule has 12 nitrogen and oxygen atoms in total. The first kappa shape index (κ1) is 16.7. The van der Waals surface area contributed by atoms with E-state index in [1.807, 2.05) is 0 Å². The zero-order chi connectivity index (χ0) is 18.0. The molecule has 1 aliphatic rings. The molecule has 1 aromatic rings.